The minimum atomic E-state index is -4.26. The van der Waals surface area contributed by atoms with Gasteiger partial charge in [0.25, 0.3) is 10.0 Å². The summed E-state index contributed by atoms with van der Waals surface area (Å²) in [7, 11) is -4.26. The molecule has 0 saturated carbocycles. The predicted molar refractivity (Wildman–Crippen MR) is 120 cm³/mol. The van der Waals surface area contributed by atoms with Gasteiger partial charge in [0.05, 0.1) is 11.2 Å². The monoisotopic (exact) mass is 473 g/mol. The van der Waals surface area contributed by atoms with Crippen LogP contribution < -0.4 is 14.8 Å². The number of urea groups is 1. The zero-order valence-corrected chi connectivity index (χ0v) is 19.4. The molecule has 11 heteroatoms. The number of sulfonamides is 1. The molecule has 0 radical (unpaired) electrons. The summed E-state index contributed by atoms with van der Waals surface area (Å²) >= 11 is 0. The first-order chi connectivity index (χ1) is 15.5. The number of aromatic nitrogens is 3. The molecule has 2 amide bonds. The third-order valence-corrected chi connectivity index (χ3v) is 6.52. The van der Waals surface area contributed by atoms with Gasteiger partial charge in [-0.05, 0) is 55.2 Å². The van der Waals surface area contributed by atoms with Crippen molar-refractivity contribution < 1.29 is 22.3 Å². The molecule has 0 fully saturated rings. The summed E-state index contributed by atoms with van der Waals surface area (Å²) in [6, 6.07) is 6.20. The number of pyridine rings is 1. The molecule has 4 rings (SSSR count). The largest absolute Gasteiger partial charge is 0.475 e. The van der Waals surface area contributed by atoms with Crippen molar-refractivity contribution in [2.45, 2.75) is 44.2 Å². The van der Waals surface area contributed by atoms with Crippen LogP contribution in [0.3, 0.4) is 0 Å². The van der Waals surface area contributed by atoms with Crippen LogP contribution in [0.25, 0.3) is 11.1 Å². The molecule has 174 valence electrons. The Balaban J connectivity index is 1.91. The number of hydrogen-bond acceptors (Lipinski definition) is 6. The molecule has 2 N–H and O–H groups in total. The van der Waals surface area contributed by atoms with E-state index in [0.717, 1.165) is 0 Å². The Morgan fingerprint density at radius 3 is 2.70 bits per heavy atom. The van der Waals surface area contributed by atoms with E-state index in [4.69, 9.17) is 4.74 Å². The normalized spacial score (nSPS) is 17.1. The van der Waals surface area contributed by atoms with Crippen molar-refractivity contribution in [3.8, 4) is 17.0 Å². The molecule has 2 aromatic heterocycles. The maximum absolute atomic E-state index is 14.5. The van der Waals surface area contributed by atoms with Gasteiger partial charge in [0.2, 0.25) is 5.88 Å². The first kappa shape index (κ1) is 22.7. The van der Waals surface area contributed by atoms with Crippen LogP contribution in [0.2, 0.25) is 0 Å². The number of hydrogen-bond donors (Lipinski definition) is 2. The van der Waals surface area contributed by atoms with Gasteiger partial charge >= 0.3 is 6.03 Å². The average molecular weight is 474 g/mol. The van der Waals surface area contributed by atoms with E-state index in [2.05, 4.69) is 15.4 Å². The number of anilines is 1. The number of carbonyl (C=O) groups excluding carboxylic acids is 1. The van der Waals surface area contributed by atoms with Crippen LogP contribution in [0.15, 0.2) is 47.8 Å². The number of fused-ring (bicyclic) bond motifs is 6. The smallest absolute Gasteiger partial charge is 0.333 e. The molecule has 0 atom stereocenters. The van der Waals surface area contributed by atoms with E-state index in [1.54, 1.807) is 12.1 Å². The van der Waals surface area contributed by atoms with Gasteiger partial charge in [-0.2, -0.15) is 13.5 Å². The average Bonchev–Trinajstić information content (AvgIpc) is 3.25. The number of carbonyl (C=O) groups is 1. The van der Waals surface area contributed by atoms with Crippen molar-refractivity contribution in [2.75, 3.05) is 11.9 Å². The lowest BCUT2D eigenvalue weighted by molar-refractivity contribution is 0.164. The number of benzene rings is 1. The number of nitrogens with one attached hydrogen (secondary N) is 2. The van der Waals surface area contributed by atoms with Crippen molar-refractivity contribution in [3.63, 3.8) is 0 Å². The van der Waals surface area contributed by atoms with Crippen LogP contribution in [-0.2, 0) is 15.6 Å². The van der Waals surface area contributed by atoms with Crippen LogP contribution in [0.1, 0.15) is 39.2 Å². The fraction of sp³-hybridized carbons (Fsp3) is 0.318. The summed E-state index contributed by atoms with van der Waals surface area (Å²) in [5, 5.41) is 6.41. The summed E-state index contributed by atoms with van der Waals surface area (Å²) in [6.07, 6.45) is 3.02. The van der Waals surface area contributed by atoms with Gasteiger partial charge in [0, 0.05) is 24.0 Å². The number of amides is 2. The maximum Gasteiger partial charge on any atom is 0.333 e. The summed E-state index contributed by atoms with van der Waals surface area (Å²) in [6.45, 7) is 7.45. The Bertz CT molecular complexity index is 1330. The minimum absolute atomic E-state index is 0.127. The van der Waals surface area contributed by atoms with Crippen LogP contribution in [-0.4, -0.2) is 35.8 Å². The van der Waals surface area contributed by atoms with E-state index in [9.17, 15) is 17.6 Å². The molecule has 0 aliphatic carbocycles. The lowest BCUT2D eigenvalue weighted by Crippen LogP contribution is -2.36. The van der Waals surface area contributed by atoms with Crippen molar-refractivity contribution in [1.82, 2.24) is 19.5 Å². The minimum Gasteiger partial charge on any atom is -0.475 e. The first-order valence-electron chi connectivity index (χ1n) is 10.3. The van der Waals surface area contributed by atoms with E-state index in [-0.39, 0.29) is 23.2 Å². The number of ether oxygens (including phenoxy) is 1. The second kappa shape index (κ2) is 8.14. The molecular weight excluding hydrogens is 449 g/mol. The quantitative estimate of drug-likeness (QED) is 0.555. The number of halogens is 1. The second-order valence-corrected chi connectivity index (χ2v) is 10.3. The topological polar surface area (TPSA) is 115 Å². The van der Waals surface area contributed by atoms with Gasteiger partial charge in [0.1, 0.15) is 12.4 Å². The lowest BCUT2D eigenvalue weighted by Gasteiger charge is -2.25. The third-order valence-electron chi connectivity index (χ3n) is 5.30. The molecule has 0 saturated heterocycles. The Kier molecular flexibility index (Phi) is 5.61. The summed E-state index contributed by atoms with van der Waals surface area (Å²) in [4.78, 5) is 17.0. The molecule has 4 bridgehead atoms. The Hall–Kier alpha value is -3.47. The zero-order valence-electron chi connectivity index (χ0n) is 18.6. The molecule has 33 heavy (non-hydrogen) atoms. The molecule has 3 aromatic rings. The molecule has 1 aromatic carbocycles. The van der Waals surface area contributed by atoms with Gasteiger partial charge < -0.3 is 10.1 Å². The van der Waals surface area contributed by atoms with Crippen molar-refractivity contribution in [2.24, 2.45) is 0 Å². The molecule has 1 aliphatic rings. The van der Waals surface area contributed by atoms with Crippen LogP contribution in [0.5, 0.6) is 5.88 Å². The zero-order chi connectivity index (χ0) is 24.0. The fourth-order valence-electron chi connectivity index (χ4n) is 3.52. The van der Waals surface area contributed by atoms with Crippen LogP contribution in [0, 0.1) is 5.82 Å². The third kappa shape index (κ3) is 4.54. The van der Waals surface area contributed by atoms with E-state index in [1.807, 2.05) is 32.4 Å². The Labute approximate surface area is 191 Å². The van der Waals surface area contributed by atoms with Gasteiger partial charge in [-0.1, -0.05) is 13.8 Å². The van der Waals surface area contributed by atoms with Gasteiger partial charge in [-0.15, -0.1) is 0 Å². The highest BCUT2D eigenvalue weighted by Gasteiger charge is 2.28. The second-order valence-electron chi connectivity index (χ2n) is 8.71. The lowest BCUT2D eigenvalue weighted by atomic mass is 9.94. The SMILES string of the molecule is CC(C)c1cc(F)cc2c1NC(=O)NS(=O)(=O)c1ccn(n1)C(C)(C)COc1cc-2ccn1. The Morgan fingerprint density at radius 1 is 1.21 bits per heavy atom. The highest BCUT2D eigenvalue weighted by atomic mass is 32.2. The van der Waals surface area contributed by atoms with Crippen molar-refractivity contribution in [1.29, 1.82) is 0 Å². The molecule has 1 aliphatic heterocycles. The standard InChI is InChI=1S/C22H24FN5O4S/c1-13(2)16-10-15(23)11-17-14-5-7-24-18(9-14)32-12-22(3,4)28-8-6-19(26-28)33(30,31)27-21(29)25-20(16)17/h5-11,13H,12H2,1-4H3,(H2,25,27,29). The van der Waals surface area contributed by atoms with E-state index in [0.29, 0.717) is 22.6 Å². The molecule has 0 unspecified atom stereocenters. The summed E-state index contributed by atoms with van der Waals surface area (Å²) in [5.74, 6) is -0.362. The molecule has 0 spiro atoms. The molecular formula is C22H24FN5O4S. The van der Waals surface area contributed by atoms with Crippen LogP contribution in [0.4, 0.5) is 14.9 Å². The van der Waals surface area contributed by atoms with Crippen molar-refractivity contribution >= 4 is 21.7 Å². The highest BCUT2D eigenvalue weighted by Crippen LogP contribution is 2.37. The maximum atomic E-state index is 14.5. The Morgan fingerprint density at radius 2 is 1.97 bits per heavy atom. The fourth-order valence-corrected chi connectivity index (χ4v) is 4.36. The van der Waals surface area contributed by atoms with E-state index >= 15 is 0 Å². The summed E-state index contributed by atoms with van der Waals surface area (Å²) in [5.41, 5.74) is 0.981. The summed E-state index contributed by atoms with van der Waals surface area (Å²) < 4.78 is 49.4. The van der Waals surface area contributed by atoms with E-state index < -0.39 is 27.4 Å². The number of rotatable bonds is 1. The van der Waals surface area contributed by atoms with Gasteiger partial charge in [-0.25, -0.2) is 18.9 Å². The highest BCUT2D eigenvalue weighted by molar-refractivity contribution is 7.90. The van der Waals surface area contributed by atoms with E-state index in [1.165, 1.54) is 35.3 Å². The number of nitrogens with zero attached hydrogens (tertiary/aromatic N) is 3. The molecule has 9 nitrogen and oxygen atoms in total. The first-order valence-corrected chi connectivity index (χ1v) is 11.8. The van der Waals surface area contributed by atoms with Crippen molar-refractivity contribution in [3.05, 3.63) is 54.1 Å². The van der Waals surface area contributed by atoms with Gasteiger partial charge in [0.15, 0.2) is 5.03 Å². The van der Waals surface area contributed by atoms with Gasteiger partial charge in [-0.3, -0.25) is 4.68 Å². The predicted octanol–water partition coefficient (Wildman–Crippen LogP) is 3.85. The molecule has 3 heterocycles. The van der Waals surface area contributed by atoms with Crippen LogP contribution >= 0.6 is 0 Å².